The monoisotopic (exact) mass is 371 g/mol. The third-order valence-corrected chi connectivity index (χ3v) is 4.37. The Hall–Kier alpha value is -2.89. The molecule has 1 aromatic carbocycles. The molecule has 6 nitrogen and oxygen atoms in total. The fourth-order valence-electron chi connectivity index (χ4n) is 2.90. The van der Waals surface area contributed by atoms with Gasteiger partial charge < -0.3 is 14.8 Å². The van der Waals surface area contributed by atoms with Gasteiger partial charge in [0.25, 0.3) is 5.78 Å². The van der Waals surface area contributed by atoms with Crippen LogP contribution in [0.15, 0.2) is 54.6 Å². The Morgan fingerprint density at radius 2 is 1.93 bits per heavy atom. The highest BCUT2D eigenvalue weighted by atomic mass is 16.5. The highest BCUT2D eigenvalue weighted by molar-refractivity contribution is 6.38. The number of amides is 1. The maximum atomic E-state index is 12.1. The average Bonchev–Trinajstić information content (AvgIpc) is 2.66. The van der Waals surface area contributed by atoms with Crippen LogP contribution in [0, 0.1) is 11.8 Å². The van der Waals surface area contributed by atoms with Crippen LogP contribution >= 0.6 is 0 Å². The van der Waals surface area contributed by atoms with Gasteiger partial charge in [0.1, 0.15) is 6.61 Å². The van der Waals surface area contributed by atoms with Crippen LogP contribution in [0.5, 0.6) is 0 Å². The molecule has 1 aromatic rings. The number of alkyl carbamates (subject to hydrolysis) is 1. The van der Waals surface area contributed by atoms with Crippen molar-refractivity contribution >= 4 is 17.8 Å². The summed E-state index contributed by atoms with van der Waals surface area (Å²) in [5.41, 5.74) is 0.900. The van der Waals surface area contributed by atoms with Crippen molar-refractivity contribution in [1.29, 1.82) is 0 Å². The summed E-state index contributed by atoms with van der Waals surface area (Å²) in [5.74, 6) is -1.51. The van der Waals surface area contributed by atoms with E-state index < -0.39 is 17.8 Å². The molecule has 0 saturated carbocycles. The van der Waals surface area contributed by atoms with Crippen LogP contribution < -0.4 is 5.32 Å². The molecule has 144 valence electrons. The van der Waals surface area contributed by atoms with Crippen molar-refractivity contribution in [2.75, 3.05) is 6.61 Å². The van der Waals surface area contributed by atoms with Gasteiger partial charge in [-0.3, -0.25) is 4.79 Å². The van der Waals surface area contributed by atoms with E-state index in [4.69, 9.17) is 9.47 Å². The molecule has 1 amide bonds. The molecule has 0 bridgehead atoms. The maximum absolute atomic E-state index is 12.1. The highest BCUT2D eigenvalue weighted by Gasteiger charge is 2.27. The summed E-state index contributed by atoms with van der Waals surface area (Å²) < 4.78 is 9.95. The van der Waals surface area contributed by atoms with Crippen molar-refractivity contribution in [2.45, 2.75) is 32.9 Å². The Balaban J connectivity index is 1.95. The van der Waals surface area contributed by atoms with E-state index in [0.29, 0.717) is 0 Å². The first-order valence-electron chi connectivity index (χ1n) is 9.04. The molecule has 0 fully saturated rings. The molecule has 1 N–H and O–H groups in total. The van der Waals surface area contributed by atoms with E-state index in [9.17, 15) is 14.4 Å². The molecule has 0 saturated heterocycles. The van der Waals surface area contributed by atoms with E-state index in [1.165, 1.54) is 6.08 Å². The topological polar surface area (TPSA) is 81.7 Å². The zero-order chi connectivity index (χ0) is 19.6. The number of hydrogen-bond donors (Lipinski definition) is 1. The summed E-state index contributed by atoms with van der Waals surface area (Å²) in [5, 5.41) is 2.82. The summed E-state index contributed by atoms with van der Waals surface area (Å²) in [6.07, 6.45) is 7.05. The van der Waals surface area contributed by atoms with Crippen LogP contribution in [0.2, 0.25) is 0 Å². The van der Waals surface area contributed by atoms with Crippen molar-refractivity contribution in [3.63, 3.8) is 0 Å². The smallest absolute Gasteiger partial charge is 0.407 e. The molecule has 0 radical (unpaired) electrons. The Morgan fingerprint density at radius 1 is 1.19 bits per heavy atom. The van der Waals surface area contributed by atoms with Crippen molar-refractivity contribution in [1.82, 2.24) is 5.32 Å². The van der Waals surface area contributed by atoms with E-state index in [2.05, 4.69) is 5.32 Å². The molecule has 2 rings (SSSR count). The quantitative estimate of drug-likeness (QED) is 0.345. The molecule has 0 spiro atoms. The fraction of sp³-hybridized carbons (Fsp3) is 0.381. The molecule has 27 heavy (non-hydrogen) atoms. The zero-order valence-electron chi connectivity index (χ0n) is 15.6. The lowest BCUT2D eigenvalue weighted by atomic mass is 9.80. The second kappa shape index (κ2) is 10.3. The Labute approximate surface area is 159 Å². The van der Waals surface area contributed by atoms with Crippen LogP contribution in [-0.2, 0) is 25.7 Å². The minimum Gasteiger partial charge on any atom is -0.460 e. The van der Waals surface area contributed by atoms with Crippen molar-refractivity contribution in [3.05, 3.63) is 60.2 Å². The van der Waals surface area contributed by atoms with Crippen LogP contribution in [0.3, 0.4) is 0 Å². The molecule has 1 aliphatic rings. The van der Waals surface area contributed by atoms with Crippen LogP contribution in [0.25, 0.3) is 0 Å². The minimum absolute atomic E-state index is 0.127. The number of esters is 1. The van der Waals surface area contributed by atoms with Gasteiger partial charge >= 0.3 is 12.1 Å². The third-order valence-electron chi connectivity index (χ3n) is 4.37. The summed E-state index contributed by atoms with van der Waals surface area (Å²) in [7, 11) is 0. The highest BCUT2D eigenvalue weighted by Crippen LogP contribution is 2.27. The molecule has 6 heteroatoms. The Morgan fingerprint density at radius 3 is 2.63 bits per heavy atom. The van der Waals surface area contributed by atoms with Gasteiger partial charge in [0.05, 0.1) is 12.6 Å². The summed E-state index contributed by atoms with van der Waals surface area (Å²) >= 11 is 0. The number of allylic oxidation sites excluding steroid dienone is 1. The number of carbonyl (C=O) groups excluding carboxylic acids is 3. The number of carbonyl (C=O) groups is 3. The van der Waals surface area contributed by atoms with Gasteiger partial charge in [0, 0.05) is 5.92 Å². The third kappa shape index (κ3) is 6.40. The molecule has 3 atom stereocenters. The number of ether oxygens (including phenoxy) is 2. The molecule has 0 aliphatic heterocycles. The first-order valence-corrected chi connectivity index (χ1v) is 9.04. The van der Waals surface area contributed by atoms with Crippen LogP contribution in [0.1, 0.15) is 25.8 Å². The van der Waals surface area contributed by atoms with Gasteiger partial charge in [-0.15, -0.1) is 0 Å². The van der Waals surface area contributed by atoms with Crippen molar-refractivity contribution in [2.24, 2.45) is 11.8 Å². The second-order valence-corrected chi connectivity index (χ2v) is 6.39. The number of hydrogen-bond acceptors (Lipinski definition) is 5. The molecule has 0 aromatic heterocycles. The maximum Gasteiger partial charge on any atom is 0.407 e. The fourth-order valence-corrected chi connectivity index (χ4v) is 2.90. The Bertz CT molecular complexity index is 711. The predicted molar refractivity (Wildman–Crippen MR) is 101 cm³/mol. The average molecular weight is 371 g/mol. The predicted octanol–water partition coefficient (Wildman–Crippen LogP) is 3.18. The van der Waals surface area contributed by atoms with E-state index in [1.807, 2.05) is 49.4 Å². The lowest BCUT2D eigenvalue weighted by molar-refractivity contribution is -0.151. The number of ketones is 1. The molecule has 3 unspecified atom stereocenters. The molecule has 0 heterocycles. The summed E-state index contributed by atoms with van der Waals surface area (Å²) in [6, 6.07) is 9.09. The van der Waals surface area contributed by atoms with Crippen molar-refractivity contribution in [3.8, 4) is 0 Å². The van der Waals surface area contributed by atoms with Crippen LogP contribution in [0.4, 0.5) is 4.79 Å². The summed E-state index contributed by atoms with van der Waals surface area (Å²) in [6.45, 7) is 4.00. The number of rotatable bonds is 7. The number of benzene rings is 1. The number of nitrogens with one attached hydrogen (secondary N) is 1. The van der Waals surface area contributed by atoms with E-state index in [0.717, 1.165) is 12.0 Å². The SMILES string of the molecule is CCOC(=O)C(=O)C=CC1C(C)CC=CC1NC(=O)OCc1ccccc1. The molecular weight excluding hydrogens is 346 g/mol. The van der Waals surface area contributed by atoms with Gasteiger partial charge in [-0.25, -0.2) is 9.59 Å². The molecule has 1 aliphatic carbocycles. The largest absolute Gasteiger partial charge is 0.460 e. The minimum atomic E-state index is -0.875. The first kappa shape index (κ1) is 20.4. The normalized spacial score (nSPS) is 21.6. The van der Waals surface area contributed by atoms with E-state index in [1.54, 1.807) is 13.0 Å². The standard InChI is InChI=1S/C21H25NO5/c1-3-26-20(24)19(23)13-12-17-15(2)8-7-11-18(17)22-21(25)27-14-16-9-5-4-6-10-16/h4-7,9-13,15,17-18H,3,8,14H2,1-2H3,(H,22,25). The van der Waals surface area contributed by atoms with Crippen molar-refractivity contribution < 1.29 is 23.9 Å². The lowest BCUT2D eigenvalue weighted by Gasteiger charge is -2.31. The zero-order valence-corrected chi connectivity index (χ0v) is 15.6. The lowest BCUT2D eigenvalue weighted by Crippen LogP contribution is -2.42. The van der Waals surface area contributed by atoms with Gasteiger partial charge in [0.2, 0.25) is 0 Å². The van der Waals surface area contributed by atoms with E-state index in [-0.39, 0.29) is 31.1 Å². The van der Waals surface area contributed by atoms with Gasteiger partial charge in [-0.2, -0.15) is 0 Å². The van der Waals surface area contributed by atoms with Gasteiger partial charge in [-0.1, -0.05) is 55.5 Å². The van der Waals surface area contributed by atoms with Gasteiger partial charge in [-0.05, 0) is 30.9 Å². The molecular formula is C21H25NO5. The first-order chi connectivity index (χ1) is 13.0. The summed E-state index contributed by atoms with van der Waals surface area (Å²) in [4.78, 5) is 35.4. The Kier molecular flexibility index (Phi) is 7.79. The second-order valence-electron chi connectivity index (χ2n) is 6.39. The van der Waals surface area contributed by atoms with E-state index >= 15 is 0 Å². The van der Waals surface area contributed by atoms with Crippen LogP contribution in [-0.4, -0.2) is 30.5 Å². The van der Waals surface area contributed by atoms with Gasteiger partial charge in [0.15, 0.2) is 0 Å².